The SMILES string of the molecule is CCN(CC)CCc1cc(O)c(N=Nc2ccc(CCC(=O)NCCNC(=O)CONC(=O)OC(C)(C)C)cc2)cc1S(=O)(=O)O. The van der Waals surface area contributed by atoms with Crippen LogP contribution in [0.5, 0.6) is 5.75 Å². The van der Waals surface area contributed by atoms with Crippen molar-refractivity contribution < 1.29 is 42.0 Å². The van der Waals surface area contributed by atoms with Crippen LogP contribution in [0.4, 0.5) is 16.2 Å². The van der Waals surface area contributed by atoms with E-state index in [4.69, 9.17) is 9.57 Å². The van der Waals surface area contributed by atoms with Crippen molar-refractivity contribution in [3.8, 4) is 5.75 Å². The van der Waals surface area contributed by atoms with Gasteiger partial charge in [0.25, 0.3) is 10.1 Å². The van der Waals surface area contributed by atoms with E-state index in [2.05, 4.69) is 25.8 Å². The lowest BCUT2D eigenvalue weighted by Gasteiger charge is -2.19. The first kappa shape index (κ1) is 38.1. The quantitative estimate of drug-likeness (QED) is 0.0719. The van der Waals surface area contributed by atoms with Gasteiger partial charge in [0.15, 0.2) is 6.61 Å². The zero-order valence-corrected chi connectivity index (χ0v) is 27.6. The fourth-order valence-electron chi connectivity index (χ4n) is 4.04. The number of amides is 3. The van der Waals surface area contributed by atoms with Crippen LogP contribution in [0.1, 0.15) is 52.2 Å². The molecule has 3 amide bonds. The predicted octanol–water partition coefficient (Wildman–Crippen LogP) is 3.56. The second-order valence-corrected chi connectivity index (χ2v) is 12.5. The number of hydrogen-bond acceptors (Lipinski definition) is 11. The average Bonchev–Trinajstić information content (AvgIpc) is 2.97. The van der Waals surface area contributed by atoms with Crippen LogP contribution in [0, 0.1) is 0 Å². The Bertz CT molecular complexity index is 1450. The third-order valence-corrected chi connectivity index (χ3v) is 7.34. The standard InChI is InChI=1S/C30H44N6O9S/c1-6-36(7-2)17-14-22-18-25(37)24(19-26(22)46(41,42)43)34-33-23-11-8-21(9-12-23)10-13-27(38)31-15-16-32-28(39)20-44-35-29(40)45-30(3,4)5/h8-9,11-12,18-19,37H,6-7,10,13-17,20H2,1-5H3,(H,31,38)(H,32,39)(H,35,40)(H,41,42,43). The van der Waals surface area contributed by atoms with Gasteiger partial charge in [-0.15, -0.1) is 5.11 Å². The summed E-state index contributed by atoms with van der Waals surface area (Å²) in [5.41, 5.74) is 2.76. The summed E-state index contributed by atoms with van der Waals surface area (Å²) >= 11 is 0. The van der Waals surface area contributed by atoms with Gasteiger partial charge in [-0.2, -0.15) is 19.0 Å². The molecule has 46 heavy (non-hydrogen) atoms. The molecule has 0 aliphatic carbocycles. The molecular formula is C30H44N6O9S. The molecule has 16 heteroatoms. The number of phenolic OH excluding ortho intramolecular Hbond substituents is 1. The highest BCUT2D eigenvalue weighted by molar-refractivity contribution is 7.85. The number of rotatable bonds is 17. The van der Waals surface area contributed by atoms with Crippen LogP contribution in [0.25, 0.3) is 0 Å². The number of phenols is 1. The third kappa shape index (κ3) is 14.3. The molecule has 0 aromatic heterocycles. The third-order valence-electron chi connectivity index (χ3n) is 6.40. The van der Waals surface area contributed by atoms with Crippen molar-refractivity contribution >= 4 is 39.4 Å². The summed E-state index contributed by atoms with van der Waals surface area (Å²) in [7, 11) is -4.56. The molecule has 2 rings (SSSR count). The number of aromatic hydroxyl groups is 1. The number of carbonyl (C=O) groups is 3. The van der Waals surface area contributed by atoms with E-state index >= 15 is 0 Å². The number of benzene rings is 2. The Morgan fingerprint density at radius 3 is 2.15 bits per heavy atom. The Kier molecular flexibility index (Phi) is 15.0. The summed E-state index contributed by atoms with van der Waals surface area (Å²) in [4.78, 5) is 41.9. The molecule has 15 nitrogen and oxygen atoms in total. The Balaban J connectivity index is 1.81. The van der Waals surface area contributed by atoms with Crippen molar-refractivity contribution in [2.45, 2.75) is 64.4 Å². The summed E-state index contributed by atoms with van der Waals surface area (Å²) in [5.74, 6) is -0.970. The van der Waals surface area contributed by atoms with E-state index in [1.165, 1.54) is 6.07 Å². The molecule has 0 bridgehead atoms. The van der Waals surface area contributed by atoms with E-state index in [0.29, 0.717) is 25.1 Å². The molecule has 0 spiro atoms. The van der Waals surface area contributed by atoms with E-state index < -0.39 is 34.3 Å². The number of carbonyl (C=O) groups excluding carboxylic acids is 3. The van der Waals surface area contributed by atoms with Crippen molar-refractivity contribution in [1.29, 1.82) is 0 Å². The Morgan fingerprint density at radius 2 is 1.57 bits per heavy atom. The first-order valence-electron chi connectivity index (χ1n) is 14.8. The topological polar surface area (TPSA) is 208 Å². The number of azo groups is 1. The first-order valence-corrected chi connectivity index (χ1v) is 16.3. The molecule has 0 fully saturated rings. The summed E-state index contributed by atoms with van der Waals surface area (Å²) in [6.45, 7) is 11.1. The molecule has 0 saturated heterocycles. The molecule has 0 aliphatic heterocycles. The maximum atomic E-state index is 12.2. The minimum Gasteiger partial charge on any atom is -0.506 e. The van der Waals surface area contributed by atoms with Gasteiger partial charge < -0.3 is 25.4 Å². The normalized spacial score (nSPS) is 11.9. The van der Waals surface area contributed by atoms with Crippen molar-refractivity contribution in [3.05, 3.63) is 47.5 Å². The summed E-state index contributed by atoms with van der Waals surface area (Å²) < 4.78 is 38.8. The van der Waals surface area contributed by atoms with Crippen molar-refractivity contribution in [2.24, 2.45) is 10.2 Å². The smallest absolute Gasteiger partial charge is 0.431 e. The van der Waals surface area contributed by atoms with Gasteiger partial charge in [0.1, 0.15) is 17.0 Å². The molecule has 254 valence electrons. The van der Waals surface area contributed by atoms with Gasteiger partial charge >= 0.3 is 6.09 Å². The molecule has 0 saturated carbocycles. The number of hydroxylamine groups is 1. The van der Waals surface area contributed by atoms with E-state index in [-0.39, 0.29) is 47.3 Å². The van der Waals surface area contributed by atoms with Crippen LogP contribution in [-0.4, -0.2) is 85.8 Å². The summed E-state index contributed by atoms with van der Waals surface area (Å²) in [6.07, 6.45) is 0.133. The Morgan fingerprint density at radius 1 is 0.935 bits per heavy atom. The molecule has 0 atom stereocenters. The van der Waals surface area contributed by atoms with Crippen LogP contribution in [0.15, 0.2) is 51.5 Å². The Hall–Kier alpha value is -4.12. The minimum atomic E-state index is -4.56. The minimum absolute atomic E-state index is 0.110. The lowest BCUT2D eigenvalue weighted by Crippen LogP contribution is -2.39. The largest absolute Gasteiger partial charge is 0.506 e. The van der Waals surface area contributed by atoms with Crippen LogP contribution >= 0.6 is 0 Å². The van der Waals surface area contributed by atoms with Crippen LogP contribution < -0.4 is 16.1 Å². The molecular weight excluding hydrogens is 620 g/mol. The highest BCUT2D eigenvalue weighted by atomic mass is 32.2. The maximum Gasteiger partial charge on any atom is 0.431 e. The zero-order chi connectivity index (χ0) is 34.3. The van der Waals surface area contributed by atoms with E-state index in [0.717, 1.165) is 24.7 Å². The number of nitrogens with zero attached hydrogens (tertiary/aromatic N) is 3. The van der Waals surface area contributed by atoms with Gasteiger partial charge in [-0.25, -0.2) is 4.79 Å². The second-order valence-electron chi connectivity index (χ2n) is 11.2. The van der Waals surface area contributed by atoms with Gasteiger partial charge in [0, 0.05) is 26.1 Å². The number of likely N-dealkylation sites (N-methyl/N-ethyl adjacent to an activating group) is 1. The number of ether oxygens (including phenoxy) is 1. The summed E-state index contributed by atoms with van der Waals surface area (Å²) in [5, 5.41) is 23.7. The van der Waals surface area contributed by atoms with Gasteiger partial charge in [-0.3, -0.25) is 19.0 Å². The van der Waals surface area contributed by atoms with Crippen molar-refractivity contribution in [2.75, 3.05) is 39.3 Å². The molecule has 0 unspecified atom stereocenters. The molecule has 0 radical (unpaired) electrons. The highest BCUT2D eigenvalue weighted by Gasteiger charge is 2.20. The van der Waals surface area contributed by atoms with Crippen molar-refractivity contribution in [3.63, 3.8) is 0 Å². The second kappa shape index (κ2) is 18.1. The van der Waals surface area contributed by atoms with Gasteiger partial charge in [-0.05, 0) is 82.1 Å². The molecule has 0 heterocycles. The number of aryl methyl sites for hydroxylation is 1. The van der Waals surface area contributed by atoms with Crippen molar-refractivity contribution in [1.82, 2.24) is 21.0 Å². The first-order chi connectivity index (χ1) is 21.6. The van der Waals surface area contributed by atoms with Gasteiger partial charge in [0.2, 0.25) is 11.8 Å². The molecule has 2 aromatic carbocycles. The highest BCUT2D eigenvalue weighted by Crippen LogP contribution is 2.34. The fourth-order valence-corrected chi connectivity index (χ4v) is 4.79. The average molecular weight is 665 g/mol. The fraction of sp³-hybridized carbons (Fsp3) is 0.500. The van der Waals surface area contributed by atoms with Gasteiger partial charge in [0.05, 0.1) is 10.6 Å². The molecule has 5 N–H and O–H groups in total. The van der Waals surface area contributed by atoms with E-state index in [9.17, 15) is 32.5 Å². The maximum absolute atomic E-state index is 12.2. The van der Waals surface area contributed by atoms with Gasteiger partial charge in [-0.1, -0.05) is 26.0 Å². The number of nitrogens with one attached hydrogen (secondary N) is 3. The monoisotopic (exact) mass is 664 g/mol. The molecule has 0 aliphatic rings. The Labute approximate surface area is 269 Å². The predicted molar refractivity (Wildman–Crippen MR) is 170 cm³/mol. The lowest BCUT2D eigenvalue weighted by atomic mass is 10.1. The lowest BCUT2D eigenvalue weighted by molar-refractivity contribution is -0.128. The van der Waals surface area contributed by atoms with Crippen LogP contribution in [0.2, 0.25) is 0 Å². The molecule has 2 aromatic rings. The van der Waals surface area contributed by atoms with E-state index in [1.807, 2.05) is 19.3 Å². The van der Waals surface area contributed by atoms with Crippen LogP contribution in [-0.2, 0) is 42.1 Å². The van der Waals surface area contributed by atoms with Crippen LogP contribution in [0.3, 0.4) is 0 Å². The number of hydrogen-bond donors (Lipinski definition) is 5. The summed E-state index contributed by atoms with van der Waals surface area (Å²) in [6, 6.07) is 9.21. The van der Waals surface area contributed by atoms with E-state index in [1.54, 1.807) is 45.0 Å². The zero-order valence-electron chi connectivity index (χ0n) is 26.8.